The van der Waals surface area contributed by atoms with Crippen LogP contribution in [-0.4, -0.2) is 24.6 Å². The number of nitriles is 1. The highest BCUT2D eigenvalue weighted by Gasteiger charge is 2.14. The molecule has 0 amide bonds. The van der Waals surface area contributed by atoms with Crippen LogP contribution in [0.2, 0.25) is 0 Å². The Morgan fingerprint density at radius 1 is 1.00 bits per heavy atom. The average Bonchev–Trinajstić information content (AvgIpc) is 2.86. The lowest BCUT2D eigenvalue weighted by molar-refractivity contribution is 0.295. The normalized spacial score (nSPS) is 10.5. The molecule has 33 heavy (non-hydrogen) atoms. The third-order valence-electron chi connectivity index (χ3n) is 4.91. The molecule has 4 aromatic rings. The van der Waals surface area contributed by atoms with Crippen LogP contribution < -0.4 is 19.5 Å². The van der Waals surface area contributed by atoms with Crippen LogP contribution >= 0.6 is 11.6 Å². The molecule has 0 atom stereocenters. The minimum Gasteiger partial charge on any atom is -0.493 e. The van der Waals surface area contributed by atoms with E-state index in [-0.39, 0.29) is 0 Å². The van der Waals surface area contributed by atoms with Crippen LogP contribution in [-0.2, 0) is 0 Å². The summed E-state index contributed by atoms with van der Waals surface area (Å²) in [5.41, 5.74) is 2.55. The van der Waals surface area contributed by atoms with Crippen molar-refractivity contribution in [1.29, 1.82) is 5.26 Å². The first-order valence-electron chi connectivity index (χ1n) is 10.4. The molecular weight excluding hydrogens is 438 g/mol. The third-order valence-corrected chi connectivity index (χ3v) is 5.18. The first kappa shape index (κ1) is 22.3. The topological polar surface area (TPSA) is 76.4 Å². The number of hydrogen-bond acceptors (Lipinski definition) is 6. The van der Waals surface area contributed by atoms with Crippen LogP contribution in [0.3, 0.4) is 0 Å². The van der Waals surface area contributed by atoms with Gasteiger partial charge in [0.15, 0.2) is 11.5 Å². The maximum Gasteiger partial charge on any atom is 0.163 e. The number of nitrogens with zero attached hydrogens (tertiary/aromatic N) is 2. The highest BCUT2D eigenvalue weighted by atomic mass is 35.5. The summed E-state index contributed by atoms with van der Waals surface area (Å²) in [6, 6.07) is 23.0. The van der Waals surface area contributed by atoms with Crippen molar-refractivity contribution >= 4 is 33.9 Å². The molecule has 4 rings (SSSR count). The van der Waals surface area contributed by atoms with Crippen molar-refractivity contribution in [2.45, 2.75) is 6.42 Å². The van der Waals surface area contributed by atoms with Gasteiger partial charge in [0, 0.05) is 29.2 Å². The number of hydrogen-bond donors (Lipinski definition) is 1. The first-order valence-corrected chi connectivity index (χ1v) is 10.9. The molecule has 0 fully saturated rings. The van der Waals surface area contributed by atoms with Crippen LogP contribution in [0.25, 0.3) is 10.9 Å². The molecule has 1 aromatic heterocycles. The number of anilines is 2. The smallest absolute Gasteiger partial charge is 0.163 e. The van der Waals surface area contributed by atoms with Crippen LogP contribution in [0.15, 0.2) is 72.9 Å². The van der Waals surface area contributed by atoms with Gasteiger partial charge in [-0.05, 0) is 48.9 Å². The second-order valence-electron chi connectivity index (χ2n) is 7.13. The van der Waals surface area contributed by atoms with E-state index in [1.807, 2.05) is 66.7 Å². The quantitative estimate of drug-likeness (QED) is 0.223. The zero-order valence-corrected chi connectivity index (χ0v) is 18.8. The van der Waals surface area contributed by atoms with E-state index >= 15 is 0 Å². The number of benzene rings is 3. The monoisotopic (exact) mass is 459 g/mol. The molecule has 0 unspecified atom stereocenters. The number of nitrogens with one attached hydrogen (secondary N) is 1. The summed E-state index contributed by atoms with van der Waals surface area (Å²) < 4.78 is 17.2. The van der Waals surface area contributed by atoms with E-state index in [0.717, 1.165) is 23.2 Å². The van der Waals surface area contributed by atoms with E-state index in [1.165, 1.54) is 0 Å². The van der Waals surface area contributed by atoms with Gasteiger partial charge in [0.25, 0.3) is 0 Å². The Labute approximate surface area is 197 Å². The number of halogens is 1. The van der Waals surface area contributed by atoms with Crippen molar-refractivity contribution in [2.75, 3.05) is 24.9 Å². The molecule has 1 N–H and O–H groups in total. The number of fused-ring (bicyclic) bond motifs is 1. The van der Waals surface area contributed by atoms with Crippen molar-refractivity contribution in [3.63, 3.8) is 0 Å². The summed E-state index contributed by atoms with van der Waals surface area (Å²) >= 11 is 5.75. The van der Waals surface area contributed by atoms with Gasteiger partial charge in [0.1, 0.15) is 17.6 Å². The molecule has 1 heterocycles. The minimum atomic E-state index is 0.421. The summed E-state index contributed by atoms with van der Waals surface area (Å²) in [7, 11) is 1.58. The van der Waals surface area contributed by atoms with E-state index in [1.54, 1.807) is 13.3 Å². The van der Waals surface area contributed by atoms with E-state index in [0.29, 0.717) is 46.5 Å². The Kier molecular flexibility index (Phi) is 7.13. The molecule has 0 bridgehead atoms. The summed E-state index contributed by atoms with van der Waals surface area (Å²) in [5.74, 6) is 3.14. The van der Waals surface area contributed by atoms with Gasteiger partial charge in [-0.25, -0.2) is 0 Å². The van der Waals surface area contributed by atoms with Gasteiger partial charge in [0.2, 0.25) is 0 Å². The molecule has 0 aliphatic carbocycles. The number of para-hydroxylation sites is 1. The SMILES string of the molecule is COc1cc2c(Nc3ccc(Oc4ccccc4)cc3)c(C#N)cnc2cc1OCCCCl. The number of pyridine rings is 1. The zero-order chi connectivity index (χ0) is 23.0. The molecule has 0 aliphatic heterocycles. The first-order chi connectivity index (χ1) is 16.2. The van der Waals surface area contributed by atoms with Crippen molar-refractivity contribution in [2.24, 2.45) is 0 Å². The van der Waals surface area contributed by atoms with E-state index in [4.69, 9.17) is 25.8 Å². The Morgan fingerprint density at radius 3 is 2.45 bits per heavy atom. The van der Waals surface area contributed by atoms with Crippen LogP contribution in [0, 0.1) is 11.3 Å². The molecule has 0 spiro atoms. The number of ether oxygens (including phenoxy) is 3. The van der Waals surface area contributed by atoms with Gasteiger partial charge in [-0.15, -0.1) is 11.6 Å². The second kappa shape index (κ2) is 10.6. The van der Waals surface area contributed by atoms with Gasteiger partial charge < -0.3 is 19.5 Å². The highest BCUT2D eigenvalue weighted by molar-refractivity contribution is 6.17. The molecule has 0 radical (unpaired) electrons. The highest BCUT2D eigenvalue weighted by Crippen LogP contribution is 2.37. The number of methoxy groups -OCH3 is 1. The number of rotatable bonds is 9. The fourth-order valence-corrected chi connectivity index (χ4v) is 3.41. The minimum absolute atomic E-state index is 0.421. The van der Waals surface area contributed by atoms with Crippen LogP contribution in [0.4, 0.5) is 11.4 Å². The summed E-state index contributed by atoms with van der Waals surface area (Å²) in [5, 5.41) is 13.8. The maximum absolute atomic E-state index is 9.67. The Morgan fingerprint density at radius 2 is 1.76 bits per heavy atom. The Balaban J connectivity index is 1.64. The Bertz CT molecular complexity index is 1270. The van der Waals surface area contributed by atoms with Gasteiger partial charge in [-0.2, -0.15) is 5.26 Å². The average molecular weight is 460 g/mol. The molecule has 0 aliphatic rings. The Hall–Kier alpha value is -3.95. The molecule has 0 saturated carbocycles. The zero-order valence-electron chi connectivity index (χ0n) is 18.0. The van der Waals surface area contributed by atoms with Crippen LogP contribution in [0.1, 0.15) is 12.0 Å². The van der Waals surface area contributed by atoms with Crippen molar-refractivity contribution < 1.29 is 14.2 Å². The molecule has 166 valence electrons. The predicted molar refractivity (Wildman–Crippen MR) is 130 cm³/mol. The molecule has 3 aromatic carbocycles. The number of aromatic nitrogens is 1. The molecular formula is C26H22ClN3O3. The van der Waals surface area contributed by atoms with Gasteiger partial charge in [0.05, 0.1) is 30.5 Å². The lowest BCUT2D eigenvalue weighted by Crippen LogP contribution is -2.02. The van der Waals surface area contributed by atoms with Gasteiger partial charge in [-0.3, -0.25) is 4.98 Å². The lowest BCUT2D eigenvalue weighted by atomic mass is 10.1. The molecule has 7 heteroatoms. The standard InChI is InChI=1S/C26H22ClN3O3/c1-31-24-14-22-23(15-25(24)32-13-5-12-27)29-17-18(16-28)26(22)30-19-8-10-21(11-9-19)33-20-6-3-2-4-7-20/h2-4,6-11,14-15,17H,5,12-13H2,1H3,(H,29,30). The fourth-order valence-electron chi connectivity index (χ4n) is 3.30. The summed E-state index contributed by atoms with van der Waals surface area (Å²) in [6.45, 7) is 0.476. The summed E-state index contributed by atoms with van der Waals surface area (Å²) in [6.07, 6.45) is 2.27. The summed E-state index contributed by atoms with van der Waals surface area (Å²) in [4.78, 5) is 4.44. The van der Waals surface area contributed by atoms with E-state index < -0.39 is 0 Å². The van der Waals surface area contributed by atoms with Crippen molar-refractivity contribution in [3.8, 4) is 29.1 Å². The van der Waals surface area contributed by atoms with Crippen molar-refractivity contribution in [3.05, 3.63) is 78.5 Å². The third kappa shape index (κ3) is 5.28. The molecule has 0 saturated heterocycles. The van der Waals surface area contributed by atoms with Gasteiger partial charge in [-0.1, -0.05) is 18.2 Å². The van der Waals surface area contributed by atoms with Gasteiger partial charge >= 0.3 is 0 Å². The maximum atomic E-state index is 9.67. The van der Waals surface area contributed by atoms with E-state index in [2.05, 4.69) is 16.4 Å². The predicted octanol–water partition coefficient (Wildman–Crippen LogP) is 6.66. The lowest BCUT2D eigenvalue weighted by Gasteiger charge is -2.15. The fraction of sp³-hybridized carbons (Fsp3) is 0.154. The number of alkyl halides is 1. The second-order valence-corrected chi connectivity index (χ2v) is 7.51. The van der Waals surface area contributed by atoms with E-state index in [9.17, 15) is 5.26 Å². The van der Waals surface area contributed by atoms with Crippen molar-refractivity contribution in [1.82, 2.24) is 4.98 Å². The largest absolute Gasteiger partial charge is 0.493 e. The van der Waals surface area contributed by atoms with Crippen LogP contribution in [0.5, 0.6) is 23.0 Å². The molecule has 6 nitrogen and oxygen atoms in total.